The van der Waals surface area contributed by atoms with Crippen molar-refractivity contribution in [1.29, 1.82) is 0 Å². The van der Waals surface area contributed by atoms with Crippen LogP contribution in [0.5, 0.6) is 11.5 Å². The summed E-state index contributed by atoms with van der Waals surface area (Å²) >= 11 is 0. The maximum Gasteiger partial charge on any atom is 0.347 e. The molecule has 7 nitrogen and oxygen atoms in total. The standard InChI is InChI=1S/C31H27F3N2O5/c1-2-39-31(38)28(41-24-18-25(32)29(34)26(33)19-24)17-20-6-12-23(13-7-20)40-16-15-36-30(37)22-10-8-21(9-11-22)27-5-3-4-14-35-27/h3-14,18-19,28H,2,15-17H2,1H3,(H,36,37). The van der Waals surface area contributed by atoms with E-state index in [0.29, 0.717) is 29.0 Å². The van der Waals surface area contributed by atoms with E-state index in [4.69, 9.17) is 14.2 Å². The first-order chi connectivity index (χ1) is 19.8. The van der Waals surface area contributed by atoms with Gasteiger partial charge in [0.15, 0.2) is 23.6 Å². The Hall–Kier alpha value is -4.86. The first-order valence-electron chi connectivity index (χ1n) is 12.8. The molecule has 3 aromatic carbocycles. The second-order valence-corrected chi connectivity index (χ2v) is 8.80. The Kier molecular flexibility index (Phi) is 9.93. The molecule has 1 N–H and O–H groups in total. The van der Waals surface area contributed by atoms with Crippen molar-refractivity contribution in [1.82, 2.24) is 10.3 Å². The normalized spacial score (nSPS) is 11.4. The van der Waals surface area contributed by atoms with Crippen LogP contribution in [0.1, 0.15) is 22.8 Å². The molecule has 0 saturated carbocycles. The lowest BCUT2D eigenvalue weighted by atomic mass is 10.1. The van der Waals surface area contributed by atoms with Crippen molar-refractivity contribution in [3.05, 3.63) is 114 Å². The number of carbonyl (C=O) groups excluding carboxylic acids is 2. The zero-order valence-corrected chi connectivity index (χ0v) is 22.1. The summed E-state index contributed by atoms with van der Waals surface area (Å²) < 4.78 is 56.6. The first kappa shape index (κ1) is 29.1. The van der Waals surface area contributed by atoms with Gasteiger partial charge in [-0.2, -0.15) is 0 Å². The number of benzene rings is 3. The summed E-state index contributed by atoms with van der Waals surface area (Å²) in [5.74, 6) is -5.28. The van der Waals surface area contributed by atoms with Crippen LogP contribution in [0, 0.1) is 17.5 Å². The van der Waals surface area contributed by atoms with Crippen molar-refractivity contribution < 1.29 is 37.0 Å². The smallest absolute Gasteiger partial charge is 0.347 e. The second kappa shape index (κ2) is 14.0. The number of hydrogen-bond donors (Lipinski definition) is 1. The molecule has 0 fully saturated rings. The highest BCUT2D eigenvalue weighted by Gasteiger charge is 2.24. The lowest BCUT2D eigenvalue weighted by Crippen LogP contribution is -2.31. The van der Waals surface area contributed by atoms with E-state index in [2.05, 4.69) is 10.3 Å². The molecule has 0 aliphatic heterocycles. The van der Waals surface area contributed by atoms with Gasteiger partial charge in [0.2, 0.25) is 0 Å². The highest BCUT2D eigenvalue weighted by molar-refractivity contribution is 5.94. The quantitative estimate of drug-likeness (QED) is 0.138. The fourth-order valence-corrected chi connectivity index (χ4v) is 3.87. The van der Waals surface area contributed by atoms with Crippen LogP contribution in [0.15, 0.2) is 85.1 Å². The van der Waals surface area contributed by atoms with Gasteiger partial charge in [-0.25, -0.2) is 18.0 Å². The van der Waals surface area contributed by atoms with Crippen molar-refractivity contribution in [2.75, 3.05) is 19.8 Å². The molecule has 4 aromatic rings. The minimum atomic E-state index is -1.63. The zero-order chi connectivity index (χ0) is 29.2. The molecule has 0 radical (unpaired) electrons. The maximum atomic E-state index is 13.6. The molecule has 0 bridgehead atoms. The molecule has 0 spiro atoms. The number of aromatic nitrogens is 1. The van der Waals surface area contributed by atoms with Crippen LogP contribution in [-0.2, 0) is 16.0 Å². The van der Waals surface area contributed by atoms with E-state index in [-0.39, 0.29) is 37.8 Å². The van der Waals surface area contributed by atoms with Gasteiger partial charge in [-0.15, -0.1) is 0 Å². The molecular formula is C31H27F3N2O5. The number of amides is 1. The van der Waals surface area contributed by atoms with E-state index in [1.54, 1.807) is 49.5 Å². The molecule has 10 heteroatoms. The van der Waals surface area contributed by atoms with Crippen LogP contribution in [0.4, 0.5) is 13.2 Å². The number of esters is 1. The van der Waals surface area contributed by atoms with Gasteiger partial charge in [-0.1, -0.05) is 30.3 Å². The van der Waals surface area contributed by atoms with Crippen molar-refractivity contribution >= 4 is 11.9 Å². The molecule has 4 rings (SSSR count). The van der Waals surface area contributed by atoms with Crippen LogP contribution in [0.2, 0.25) is 0 Å². The Bertz CT molecular complexity index is 1440. The molecule has 1 atom stereocenters. The van der Waals surface area contributed by atoms with Gasteiger partial charge in [0, 0.05) is 35.9 Å². The molecule has 1 unspecified atom stereocenters. The third kappa shape index (κ3) is 8.07. The molecule has 41 heavy (non-hydrogen) atoms. The lowest BCUT2D eigenvalue weighted by Gasteiger charge is -2.18. The molecule has 1 aromatic heterocycles. The molecule has 0 aliphatic carbocycles. The highest BCUT2D eigenvalue weighted by Crippen LogP contribution is 2.23. The second-order valence-electron chi connectivity index (χ2n) is 8.80. The summed E-state index contributed by atoms with van der Waals surface area (Å²) in [6.07, 6.45) is 0.509. The third-order valence-corrected chi connectivity index (χ3v) is 5.89. The Balaban J connectivity index is 1.27. The summed E-state index contributed by atoms with van der Waals surface area (Å²) in [4.78, 5) is 29.1. The molecule has 0 aliphatic rings. The fraction of sp³-hybridized carbons (Fsp3) is 0.194. The van der Waals surface area contributed by atoms with E-state index in [1.807, 2.05) is 30.3 Å². The predicted octanol–water partition coefficient (Wildman–Crippen LogP) is 5.53. The van der Waals surface area contributed by atoms with Crippen molar-refractivity contribution in [3.63, 3.8) is 0 Å². The molecular weight excluding hydrogens is 537 g/mol. The van der Waals surface area contributed by atoms with E-state index in [9.17, 15) is 22.8 Å². The number of hydrogen-bond acceptors (Lipinski definition) is 6. The molecule has 0 saturated heterocycles. The number of carbonyl (C=O) groups is 2. The van der Waals surface area contributed by atoms with Crippen molar-refractivity contribution in [2.24, 2.45) is 0 Å². The van der Waals surface area contributed by atoms with Crippen LogP contribution >= 0.6 is 0 Å². The Morgan fingerprint density at radius 2 is 1.61 bits per heavy atom. The van der Waals surface area contributed by atoms with Crippen LogP contribution in [-0.4, -0.2) is 42.7 Å². The topological polar surface area (TPSA) is 86.8 Å². The number of nitrogens with one attached hydrogen (secondary N) is 1. The van der Waals surface area contributed by atoms with Gasteiger partial charge in [-0.05, 0) is 48.9 Å². The average Bonchev–Trinajstić information content (AvgIpc) is 2.99. The largest absolute Gasteiger partial charge is 0.492 e. The SMILES string of the molecule is CCOC(=O)C(Cc1ccc(OCCNC(=O)c2ccc(-c3ccccn3)cc2)cc1)Oc1cc(F)c(F)c(F)c1. The highest BCUT2D eigenvalue weighted by atomic mass is 19.2. The van der Waals surface area contributed by atoms with Gasteiger partial charge < -0.3 is 19.5 Å². The van der Waals surface area contributed by atoms with E-state index in [1.165, 1.54) is 0 Å². The molecule has 1 amide bonds. The van der Waals surface area contributed by atoms with Crippen LogP contribution < -0.4 is 14.8 Å². The number of pyridine rings is 1. The Morgan fingerprint density at radius 1 is 0.902 bits per heavy atom. The summed E-state index contributed by atoms with van der Waals surface area (Å²) in [6, 6.07) is 20.8. The van der Waals surface area contributed by atoms with E-state index < -0.39 is 29.5 Å². The van der Waals surface area contributed by atoms with Gasteiger partial charge in [0.25, 0.3) is 5.91 Å². The number of ether oxygens (including phenoxy) is 3. The summed E-state index contributed by atoms with van der Waals surface area (Å²) in [6.45, 7) is 2.17. The minimum Gasteiger partial charge on any atom is -0.492 e. The van der Waals surface area contributed by atoms with Crippen LogP contribution in [0.3, 0.4) is 0 Å². The van der Waals surface area contributed by atoms with Crippen molar-refractivity contribution in [2.45, 2.75) is 19.4 Å². The van der Waals surface area contributed by atoms with Gasteiger partial charge >= 0.3 is 5.97 Å². The predicted molar refractivity (Wildman–Crippen MR) is 145 cm³/mol. The van der Waals surface area contributed by atoms with Crippen molar-refractivity contribution in [3.8, 4) is 22.8 Å². The summed E-state index contributed by atoms with van der Waals surface area (Å²) in [7, 11) is 0. The summed E-state index contributed by atoms with van der Waals surface area (Å²) in [5.41, 5.74) is 2.90. The first-order valence-corrected chi connectivity index (χ1v) is 12.8. The minimum absolute atomic E-state index is 0.0227. The van der Waals surface area contributed by atoms with Crippen LogP contribution in [0.25, 0.3) is 11.3 Å². The van der Waals surface area contributed by atoms with E-state index in [0.717, 1.165) is 11.3 Å². The third-order valence-electron chi connectivity index (χ3n) is 5.89. The zero-order valence-electron chi connectivity index (χ0n) is 22.1. The maximum absolute atomic E-state index is 13.6. The lowest BCUT2D eigenvalue weighted by molar-refractivity contribution is -0.151. The number of halogens is 3. The summed E-state index contributed by atoms with van der Waals surface area (Å²) in [5, 5.41) is 2.80. The van der Waals surface area contributed by atoms with Gasteiger partial charge in [0.1, 0.15) is 18.1 Å². The molecule has 212 valence electrons. The number of rotatable bonds is 12. The Labute approximate surface area is 234 Å². The Morgan fingerprint density at radius 3 is 2.24 bits per heavy atom. The average molecular weight is 565 g/mol. The molecule has 1 heterocycles. The van der Waals surface area contributed by atoms with Gasteiger partial charge in [-0.3, -0.25) is 9.78 Å². The fourth-order valence-electron chi connectivity index (χ4n) is 3.87. The van der Waals surface area contributed by atoms with Gasteiger partial charge in [0.05, 0.1) is 18.8 Å². The van der Waals surface area contributed by atoms with E-state index >= 15 is 0 Å². The monoisotopic (exact) mass is 564 g/mol. The number of nitrogens with zero attached hydrogens (tertiary/aromatic N) is 1.